The van der Waals surface area contributed by atoms with E-state index in [-0.39, 0.29) is 24.1 Å². The standard InChI is InChI=1S/C23H17N3O2S4/c27-19(26-7-5-17-14(6-10-31-17)21(26)18-4-2-9-30-18)11-25-13-24-22-20(23(25)28)15(12-32-22)16-3-1-8-29-16/h1-4,6,8-10,12-13,21H,5,7,11H2. The number of fused-ring (bicyclic) bond motifs is 2. The first-order valence-electron chi connectivity index (χ1n) is 10.1. The molecule has 0 spiro atoms. The minimum Gasteiger partial charge on any atom is -0.329 e. The maximum atomic E-state index is 13.5. The Kier molecular flexibility index (Phi) is 5.06. The molecule has 0 saturated carbocycles. The lowest BCUT2D eigenvalue weighted by atomic mass is 9.98. The van der Waals surface area contributed by atoms with Crippen LogP contribution in [0, 0.1) is 0 Å². The van der Waals surface area contributed by atoms with Gasteiger partial charge in [-0.2, -0.15) is 0 Å². The molecule has 1 amide bonds. The van der Waals surface area contributed by atoms with E-state index in [2.05, 4.69) is 22.5 Å². The lowest BCUT2D eigenvalue weighted by Gasteiger charge is -2.35. The first kappa shape index (κ1) is 20.0. The van der Waals surface area contributed by atoms with Crippen LogP contribution < -0.4 is 5.56 Å². The van der Waals surface area contributed by atoms with Gasteiger partial charge in [-0.25, -0.2) is 4.98 Å². The Bertz CT molecular complexity index is 1460. The molecule has 160 valence electrons. The van der Waals surface area contributed by atoms with Crippen molar-refractivity contribution in [3.63, 3.8) is 0 Å². The number of nitrogens with zero attached hydrogens (tertiary/aromatic N) is 3. The number of carbonyl (C=O) groups excluding carboxylic acids is 1. The number of thiophene rings is 4. The zero-order chi connectivity index (χ0) is 21.7. The van der Waals surface area contributed by atoms with Crippen molar-refractivity contribution < 1.29 is 4.79 Å². The van der Waals surface area contributed by atoms with E-state index < -0.39 is 0 Å². The number of rotatable bonds is 4. The highest BCUT2D eigenvalue weighted by atomic mass is 32.1. The second-order valence-electron chi connectivity index (χ2n) is 7.54. The first-order valence-corrected chi connectivity index (χ1v) is 13.6. The van der Waals surface area contributed by atoms with E-state index in [9.17, 15) is 9.59 Å². The van der Waals surface area contributed by atoms with Crippen molar-refractivity contribution in [2.45, 2.75) is 19.0 Å². The van der Waals surface area contributed by atoms with Crippen LogP contribution in [0.25, 0.3) is 20.7 Å². The van der Waals surface area contributed by atoms with Crippen molar-refractivity contribution in [1.82, 2.24) is 14.5 Å². The highest BCUT2D eigenvalue weighted by Gasteiger charge is 2.33. The smallest absolute Gasteiger partial charge is 0.263 e. The Labute approximate surface area is 199 Å². The van der Waals surface area contributed by atoms with Gasteiger partial charge >= 0.3 is 0 Å². The Balaban J connectivity index is 1.36. The van der Waals surface area contributed by atoms with Crippen molar-refractivity contribution in [3.05, 3.63) is 83.9 Å². The molecule has 0 saturated heterocycles. The molecular weight excluding hydrogens is 479 g/mol. The highest BCUT2D eigenvalue weighted by molar-refractivity contribution is 7.18. The first-order chi connectivity index (χ1) is 15.7. The summed E-state index contributed by atoms with van der Waals surface area (Å²) in [5.74, 6) is -0.0589. The van der Waals surface area contributed by atoms with Gasteiger partial charge in [0, 0.05) is 32.1 Å². The summed E-state index contributed by atoms with van der Waals surface area (Å²) in [4.78, 5) is 37.5. The number of carbonyl (C=O) groups is 1. The van der Waals surface area contributed by atoms with E-state index in [0.29, 0.717) is 16.8 Å². The van der Waals surface area contributed by atoms with Gasteiger partial charge in [0.1, 0.15) is 11.4 Å². The van der Waals surface area contributed by atoms with E-state index in [0.717, 1.165) is 21.7 Å². The summed E-state index contributed by atoms with van der Waals surface area (Å²) in [6.45, 7) is 0.640. The van der Waals surface area contributed by atoms with Crippen LogP contribution in [-0.2, 0) is 17.8 Å². The summed E-state index contributed by atoms with van der Waals surface area (Å²) in [5.41, 5.74) is 1.95. The van der Waals surface area contributed by atoms with Gasteiger partial charge in [0.05, 0.1) is 17.8 Å². The molecule has 1 unspecified atom stereocenters. The average Bonchev–Trinajstić information content (AvgIpc) is 3.61. The third-order valence-corrected chi connectivity index (χ3v) is 9.46. The van der Waals surface area contributed by atoms with E-state index in [1.807, 2.05) is 39.2 Å². The molecule has 6 rings (SSSR count). The van der Waals surface area contributed by atoms with Crippen molar-refractivity contribution in [2.24, 2.45) is 0 Å². The van der Waals surface area contributed by atoms with E-state index in [4.69, 9.17) is 0 Å². The quantitative estimate of drug-likeness (QED) is 0.332. The Morgan fingerprint density at radius 2 is 1.94 bits per heavy atom. The van der Waals surface area contributed by atoms with Crippen molar-refractivity contribution in [1.29, 1.82) is 0 Å². The van der Waals surface area contributed by atoms with E-state index >= 15 is 0 Å². The minimum atomic E-state index is -0.158. The van der Waals surface area contributed by atoms with Gasteiger partial charge in [0.15, 0.2) is 0 Å². The summed E-state index contributed by atoms with van der Waals surface area (Å²) in [5, 5.41) is 8.72. The van der Waals surface area contributed by atoms with Crippen LogP contribution in [0.1, 0.15) is 21.4 Å². The van der Waals surface area contributed by atoms with Gasteiger partial charge in [0.25, 0.3) is 5.56 Å². The normalized spacial score (nSPS) is 15.9. The number of aromatic nitrogens is 2. The minimum absolute atomic E-state index is 0.0111. The monoisotopic (exact) mass is 495 g/mol. The van der Waals surface area contributed by atoms with E-state index in [1.54, 1.807) is 34.0 Å². The van der Waals surface area contributed by atoms with Gasteiger partial charge in [-0.05, 0) is 46.3 Å². The van der Waals surface area contributed by atoms with Crippen LogP contribution in [0.3, 0.4) is 0 Å². The molecule has 1 aliphatic rings. The molecule has 1 aliphatic heterocycles. The van der Waals surface area contributed by atoms with Gasteiger partial charge < -0.3 is 4.90 Å². The second-order valence-corrected chi connectivity index (χ2v) is 11.3. The lowest BCUT2D eigenvalue weighted by molar-refractivity contribution is -0.133. The molecule has 5 aromatic rings. The zero-order valence-corrected chi connectivity index (χ0v) is 20.0. The molecule has 0 aromatic carbocycles. The molecular formula is C23H17N3O2S4. The Morgan fingerprint density at radius 3 is 2.75 bits per heavy atom. The maximum Gasteiger partial charge on any atom is 0.263 e. The summed E-state index contributed by atoms with van der Waals surface area (Å²) in [7, 11) is 0. The topological polar surface area (TPSA) is 55.2 Å². The van der Waals surface area contributed by atoms with Crippen LogP contribution in [0.15, 0.2) is 63.0 Å². The SMILES string of the molecule is O=C(Cn1cnc2scc(-c3cccs3)c2c1=O)N1CCc2sccc2C1c1cccs1. The zero-order valence-electron chi connectivity index (χ0n) is 16.8. The molecule has 6 heterocycles. The number of hydrogen-bond acceptors (Lipinski definition) is 7. The summed E-state index contributed by atoms with van der Waals surface area (Å²) in [6, 6.07) is 10.1. The fraction of sp³-hybridized carbons (Fsp3) is 0.174. The molecule has 0 bridgehead atoms. The average molecular weight is 496 g/mol. The van der Waals surface area contributed by atoms with Crippen molar-refractivity contribution in [3.8, 4) is 10.4 Å². The molecule has 1 atom stereocenters. The fourth-order valence-corrected chi connectivity index (χ4v) is 7.75. The van der Waals surface area contributed by atoms with Crippen molar-refractivity contribution in [2.75, 3.05) is 6.54 Å². The van der Waals surface area contributed by atoms with Gasteiger partial charge in [0.2, 0.25) is 5.91 Å². The second kappa shape index (κ2) is 8.08. The molecule has 0 fully saturated rings. The third-order valence-electron chi connectivity index (χ3n) is 5.75. The number of hydrogen-bond donors (Lipinski definition) is 0. The molecule has 0 aliphatic carbocycles. The predicted octanol–water partition coefficient (Wildman–Crippen LogP) is 5.48. The van der Waals surface area contributed by atoms with Crippen molar-refractivity contribution >= 4 is 61.5 Å². The summed E-state index contributed by atoms with van der Waals surface area (Å²) in [6.07, 6.45) is 2.36. The summed E-state index contributed by atoms with van der Waals surface area (Å²) < 4.78 is 1.46. The number of amides is 1. The highest BCUT2D eigenvalue weighted by Crippen LogP contribution is 2.39. The lowest BCUT2D eigenvalue weighted by Crippen LogP contribution is -2.42. The molecule has 5 nitrogen and oxygen atoms in total. The summed E-state index contributed by atoms with van der Waals surface area (Å²) >= 11 is 6.48. The van der Waals surface area contributed by atoms with E-state index in [1.165, 1.54) is 32.7 Å². The van der Waals surface area contributed by atoms with Crippen LogP contribution in [-0.4, -0.2) is 26.9 Å². The maximum absolute atomic E-state index is 13.5. The Hall–Kier alpha value is -2.59. The predicted molar refractivity (Wildman–Crippen MR) is 133 cm³/mol. The molecule has 5 aromatic heterocycles. The van der Waals surface area contributed by atoms with Gasteiger partial charge in [-0.15, -0.1) is 45.3 Å². The third kappa shape index (κ3) is 3.27. The van der Waals surface area contributed by atoms with Crippen LogP contribution in [0.2, 0.25) is 0 Å². The fourth-order valence-electron chi connectivity index (χ4n) is 4.27. The largest absolute Gasteiger partial charge is 0.329 e. The van der Waals surface area contributed by atoms with Gasteiger partial charge in [-0.1, -0.05) is 12.1 Å². The molecule has 0 radical (unpaired) electrons. The van der Waals surface area contributed by atoms with Crippen LogP contribution in [0.5, 0.6) is 0 Å². The Morgan fingerprint density at radius 1 is 1.06 bits per heavy atom. The molecule has 9 heteroatoms. The van der Waals surface area contributed by atoms with Crippen LogP contribution in [0.4, 0.5) is 0 Å². The van der Waals surface area contributed by atoms with Gasteiger partial charge in [-0.3, -0.25) is 14.2 Å². The van der Waals surface area contributed by atoms with Crippen LogP contribution >= 0.6 is 45.3 Å². The molecule has 32 heavy (non-hydrogen) atoms. The molecule has 0 N–H and O–H groups in total.